The minimum absolute atomic E-state index is 0.626. The number of nitrogens with zero attached hydrogens (tertiary/aromatic N) is 2. The molecule has 0 saturated carbocycles. The SMILES string of the molecule is CC(C)C1CCN(c2nc(Cl)cs2)CC1. The predicted molar refractivity (Wildman–Crippen MR) is 66.9 cm³/mol. The maximum absolute atomic E-state index is 5.83. The summed E-state index contributed by atoms with van der Waals surface area (Å²) in [5, 5.41) is 3.62. The molecule has 1 aromatic rings. The van der Waals surface area contributed by atoms with Gasteiger partial charge in [-0.05, 0) is 24.7 Å². The molecule has 0 radical (unpaired) electrons. The summed E-state index contributed by atoms with van der Waals surface area (Å²) in [4.78, 5) is 6.67. The van der Waals surface area contributed by atoms with Crippen molar-refractivity contribution in [3.05, 3.63) is 10.5 Å². The minimum Gasteiger partial charge on any atom is -0.348 e. The van der Waals surface area contributed by atoms with E-state index in [2.05, 4.69) is 23.7 Å². The van der Waals surface area contributed by atoms with E-state index >= 15 is 0 Å². The van der Waals surface area contributed by atoms with Gasteiger partial charge in [0, 0.05) is 18.5 Å². The normalized spacial score (nSPS) is 18.8. The highest BCUT2D eigenvalue weighted by atomic mass is 35.5. The van der Waals surface area contributed by atoms with Crippen LogP contribution in [-0.2, 0) is 0 Å². The molecule has 1 saturated heterocycles. The number of anilines is 1. The zero-order chi connectivity index (χ0) is 10.8. The largest absolute Gasteiger partial charge is 0.348 e. The minimum atomic E-state index is 0.626. The van der Waals surface area contributed by atoms with E-state index in [1.807, 2.05) is 5.38 Å². The van der Waals surface area contributed by atoms with Gasteiger partial charge in [-0.25, -0.2) is 4.98 Å². The van der Waals surface area contributed by atoms with E-state index in [1.54, 1.807) is 11.3 Å². The number of rotatable bonds is 2. The summed E-state index contributed by atoms with van der Waals surface area (Å²) in [6.07, 6.45) is 2.57. The van der Waals surface area contributed by atoms with Gasteiger partial charge >= 0.3 is 0 Å². The number of hydrogen-bond acceptors (Lipinski definition) is 3. The highest BCUT2D eigenvalue weighted by Crippen LogP contribution is 2.30. The van der Waals surface area contributed by atoms with Crippen molar-refractivity contribution in [2.45, 2.75) is 26.7 Å². The monoisotopic (exact) mass is 244 g/mol. The maximum Gasteiger partial charge on any atom is 0.186 e. The number of thiazole rings is 1. The second-order valence-corrected chi connectivity index (χ2v) is 5.75. The van der Waals surface area contributed by atoms with Crippen LogP contribution in [0.3, 0.4) is 0 Å². The van der Waals surface area contributed by atoms with Gasteiger partial charge in [0.25, 0.3) is 0 Å². The molecule has 0 amide bonds. The Morgan fingerprint density at radius 1 is 1.47 bits per heavy atom. The van der Waals surface area contributed by atoms with E-state index in [0.29, 0.717) is 5.15 Å². The third-order valence-electron chi connectivity index (χ3n) is 3.22. The van der Waals surface area contributed by atoms with Crippen molar-refractivity contribution < 1.29 is 0 Å². The first-order valence-electron chi connectivity index (χ1n) is 5.53. The van der Waals surface area contributed by atoms with Gasteiger partial charge in [0.1, 0.15) is 5.15 Å². The van der Waals surface area contributed by atoms with Crippen LogP contribution in [0.5, 0.6) is 0 Å². The Labute approximate surface area is 100 Å². The van der Waals surface area contributed by atoms with Gasteiger partial charge in [-0.1, -0.05) is 25.4 Å². The van der Waals surface area contributed by atoms with Crippen LogP contribution in [0.1, 0.15) is 26.7 Å². The second-order valence-electron chi connectivity index (χ2n) is 4.52. The van der Waals surface area contributed by atoms with E-state index in [0.717, 1.165) is 30.1 Å². The lowest BCUT2D eigenvalue weighted by Crippen LogP contribution is -2.35. The molecule has 0 spiro atoms. The molecule has 4 heteroatoms. The molecule has 0 N–H and O–H groups in total. The molecule has 1 aliphatic rings. The van der Waals surface area contributed by atoms with Gasteiger partial charge in [-0.15, -0.1) is 11.3 Å². The first-order valence-corrected chi connectivity index (χ1v) is 6.78. The Bertz CT molecular complexity index is 316. The molecule has 2 heterocycles. The summed E-state index contributed by atoms with van der Waals surface area (Å²) in [5.41, 5.74) is 0. The van der Waals surface area contributed by atoms with Gasteiger partial charge in [-0.3, -0.25) is 0 Å². The van der Waals surface area contributed by atoms with Gasteiger partial charge in [0.15, 0.2) is 5.13 Å². The van der Waals surface area contributed by atoms with E-state index in [4.69, 9.17) is 11.6 Å². The molecule has 2 rings (SSSR count). The topological polar surface area (TPSA) is 16.1 Å². The zero-order valence-corrected chi connectivity index (χ0v) is 10.8. The highest BCUT2D eigenvalue weighted by Gasteiger charge is 2.22. The number of piperidine rings is 1. The lowest BCUT2D eigenvalue weighted by molar-refractivity contribution is 0.311. The summed E-state index contributed by atoms with van der Waals surface area (Å²) < 4.78 is 0. The van der Waals surface area contributed by atoms with Crippen LogP contribution < -0.4 is 4.90 Å². The fourth-order valence-electron chi connectivity index (χ4n) is 2.15. The zero-order valence-electron chi connectivity index (χ0n) is 9.24. The molecule has 1 aliphatic heterocycles. The average molecular weight is 245 g/mol. The predicted octanol–water partition coefficient (Wildman–Crippen LogP) is 3.67. The van der Waals surface area contributed by atoms with Crippen LogP contribution >= 0.6 is 22.9 Å². The number of halogens is 1. The molecule has 1 aromatic heterocycles. The molecule has 84 valence electrons. The second kappa shape index (κ2) is 4.71. The molecule has 1 fully saturated rings. The third kappa shape index (κ3) is 2.64. The van der Waals surface area contributed by atoms with E-state index in [-0.39, 0.29) is 0 Å². The Kier molecular flexibility index (Phi) is 3.52. The van der Waals surface area contributed by atoms with Crippen molar-refractivity contribution in [1.82, 2.24) is 4.98 Å². The van der Waals surface area contributed by atoms with Crippen LogP contribution in [0.4, 0.5) is 5.13 Å². The Balaban J connectivity index is 1.93. The van der Waals surface area contributed by atoms with E-state index < -0.39 is 0 Å². The first kappa shape index (κ1) is 11.2. The first-order chi connectivity index (χ1) is 7.16. The van der Waals surface area contributed by atoms with Crippen molar-refractivity contribution >= 4 is 28.1 Å². The van der Waals surface area contributed by atoms with Crippen LogP contribution in [0.15, 0.2) is 5.38 Å². The Morgan fingerprint density at radius 2 is 2.13 bits per heavy atom. The fourth-order valence-corrected chi connectivity index (χ4v) is 3.15. The van der Waals surface area contributed by atoms with Crippen molar-refractivity contribution in [1.29, 1.82) is 0 Å². The molecular formula is C11H17ClN2S. The Morgan fingerprint density at radius 3 is 2.60 bits per heavy atom. The van der Waals surface area contributed by atoms with Crippen LogP contribution in [-0.4, -0.2) is 18.1 Å². The fraction of sp³-hybridized carbons (Fsp3) is 0.727. The summed E-state index contributed by atoms with van der Waals surface area (Å²) in [7, 11) is 0. The molecule has 0 atom stereocenters. The summed E-state index contributed by atoms with van der Waals surface area (Å²) >= 11 is 7.48. The molecule has 0 aliphatic carbocycles. The maximum atomic E-state index is 5.83. The summed E-state index contributed by atoms with van der Waals surface area (Å²) in [5.74, 6) is 1.70. The van der Waals surface area contributed by atoms with Crippen LogP contribution in [0, 0.1) is 11.8 Å². The van der Waals surface area contributed by atoms with Gasteiger partial charge in [0.2, 0.25) is 0 Å². The van der Waals surface area contributed by atoms with E-state index in [1.165, 1.54) is 12.8 Å². The van der Waals surface area contributed by atoms with Gasteiger partial charge in [0.05, 0.1) is 0 Å². The van der Waals surface area contributed by atoms with Crippen molar-refractivity contribution in [2.75, 3.05) is 18.0 Å². The van der Waals surface area contributed by atoms with Crippen LogP contribution in [0.25, 0.3) is 0 Å². The van der Waals surface area contributed by atoms with Crippen molar-refractivity contribution in [2.24, 2.45) is 11.8 Å². The van der Waals surface area contributed by atoms with Gasteiger partial charge < -0.3 is 4.90 Å². The average Bonchev–Trinajstić information content (AvgIpc) is 2.65. The van der Waals surface area contributed by atoms with Crippen LogP contribution in [0.2, 0.25) is 5.15 Å². The molecule has 0 aromatic carbocycles. The molecular weight excluding hydrogens is 228 g/mol. The van der Waals surface area contributed by atoms with Crippen molar-refractivity contribution in [3.8, 4) is 0 Å². The molecule has 0 unspecified atom stereocenters. The van der Waals surface area contributed by atoms with E-state index in [9.17, 15) is 0 Å². The molecule has 15 heavy (non-hydrogen) atoms. The smallest absolute Gasteiger partial charge is 0.186 e. The van der Waals surface area contributed by atoms with Gasteiger partial charge in [-0.2, -0.15) is 0 Å². The third-order valence-corrected chi connectivity index (χ3v) is 4.44. The lowest BCUT2D eigenvalue weighted by atomic mass is 9.87. The number of aromatic nitrogens is 1. The molecule has 2 nitrogen and oxygen atoms in total. The number of hydrogen-bond donors (Lipinski definition) is 0. The summed E-state index contributed by atoms with van der Waals surface area (Å²) in [6, 6.07) is 0. The van der Waals surface area contributed by atoms with Crippen molar-refractivity contribution in [3.63, 3.8) is 0 Å². The highest BCUT2D eigenvalue weighted by molar-refractivity contribution is 7.14. The lowest BCUT2D eigenvalue weighted by Gasteiger charge is -2.33. The summed E-state index contributed by atoms with van der Waals surface area (Å²) in [6.45, 7) is 6.90. The Hall–Kier alpha value is -0.280. The standard InChI is InChI=1S/C11H17ClN2S/c1-8(2)9-3-5-14(6-4-9)11-13-10(12)7-15-11/h7-9H,3-6H2,1-2H3. The molecule has 0 bridgehead atoms. The quantitative estimate of drug-likeness (QED) is 0.789.